The molecule has 0 spiro atoms. The predicted octanol–water partition coefficient (Wildman–Crippen LogP) is 2.85. The number of non-ortho nitro benzene ring substituents is 2. The minimum absolute atomic E-state index is 0.151. The number of imidazole rings is 1. The van der Waals surface area contributed by atoms with Crippen molar-refractivity contribution in [1.29, 1.82) is 0 Å². The van der Waals surface area contributed by atoms with E-state index >= 15 is 0 Å². The van der Waals surface area contributed by atoms with Gasteiger partial charge in [-0.3, -0.25) is 29.6 Å². The molecule has 0 aliphatic rings. The number of hydrogen-bond donors (Lipinski definition) is 0. The van der Waals surface area contributed by atoms with Crippen LogP contribution < -0.4 is 0 Å². The fourth-order valence-electron chi connectivity index (χ4n) is 2.46. The molecule has 0 aliphatic heterocycles. The monoisotopic (exact) mass is 326 g/mol. The highest BCUT2D eigenvalue weighted by Gasteiger charge is 2.22. The number of carbonyl (C=O) groups excluding carboxylic acids is 1. The lowest BCUT2D eigenvalue weighted by atomic mass is 10.1. The lowest BCUT2D eigenvalue weighted by molar-refractivity contribution is -0.394. The van der Waals surface area contributed by atoms with Crippen LogP contribution in [0.5, 0.6) is 0 Å². The molecule has 120 valence electrons. The van der Waals surface area contributed by atoms with Crippen LogP contribution in [0.2, 0.25) is 0 Å². The molecule has 0 unspecified atom stereocenters. The van der Waals surface area contributed by atoms with Crippen LogP contribution in [0.15, 0.2) is 42.5 Å². The summed E-state index contributed by atoms with van der Waals surface area (Å²) in [5.41, 5.74) is -0.0798. The number of hydrogen-bond acceptors (Lipinski definition) is 6. The van der Waals surface area contributed by atoms with E-state index in [-0.39, 0.29) is 5.56 Å². The Labute approximate surface area is 134 Å². The average Bonchev–Trinajstić information content (AvgIpc) is 2.89. The van der Waals surface area contributed by atoms with Gasteiger partial charge in [0.2, 0.25) is 0 Å². The van der Waals surface area contributed by atoms with Crippen molar-refractivity contribution < 1.29 is 14.6 Å². The zero-order valence-corrected chi connectivity index (χ0v) is 12.4. The number of benzene rings is 2. The maximum absolute atomic E-state index is 12.8. The van der Waals surface area contributed by atoms with Crippen molar-refractivity contribution in [1.82, 2.24) is 9.55 Å². The van der Waals surface area contributed by atoms with Crippen molar-refractivity contribution in [2.75, 3.05) is 0 Å². The van der Waals surface area contributed by atoms with E-state index in [1.807, 2.05) is 0 Å². The smallest absolute Gasteiger partial charge is 0.268 e. The molecule has 2 aromatic carbocycles. The Hall–Kier alpha value is -3.62. The van der Waals surface area contributed by atoms with Crippen LogP contribution in [0, 0.1) is 27.2 Å². The molecule has 0 bridgehead atoms. The lowest BCUT2D eigenvalue weighted by Gasteiger charge is -2.06. The number of aromatic nitrogens is 2. The largest absolute Gasteiger partial charge is 0.277 e. The molecule has 24 heavy (non-hydrogen) atoms. The number of nitro benzene ring substituents is 2. The number of nitro groups is 2. The van der Waals surface area contributed by atoms with Gasteiger partial charge < -0.3 is 0 Å². The van der Waals surface area contributed by atoms with Crippen LogP contribution in [0.1, 0.15) is 16.2 Å². The van der Waals surface area contributed by atoms with Gasteiger partial charge >= 0.3 is 0 Å². The van der Waals surface area contributed by atoms with Gasteiger partial charge in [0.25, 0.3) is 17.3 Å². The fraction of sp³-hybridized carbons (Fsp3) is 0.0667. The minimum atomic E-state index is -0.775. The quantitative estimate of drug-likeness (QED) is 0.539. The van der Waals surface area contributed by atoms with Crippen molar-refractivity contribution >= 4 is 28.3 Å². The normalized spacial score (nSPS) is 10.7. The Bertz CT molecular complexity index is 976. The second-order valence-electron chi connectivity index (χ2n) is 5.04. The Balaban J connectivity index is 2.20. The molecule has 0 radical (unpaired) electrons. The van der Waals surface area contributed by atoms with Gasteiger partial charge in [-0.15, -0.1) is 0 Å². The number of aryl methyl sites for hydroxylation is 1. The first-order valence-corrected chi connectivity index (χ1v) is 6.81. The Morgan fingerprint density at radius 2 is 1.62 bits per heavy atom. The van der Waals surface area contributed by atoms with Gasteiger partial charge in [0.05, 0.1) is 32.5 Å². The minimum Gasteiger partial charge on any atom is -0.268 e. The first kappa shape index (κ1) is 15.3. The molecule has 0 saturated heterocycles. The molecule has 9 nitrogen and oxygen atoms in total. The van der Waals surface area contributed by atoms with E-state index in [0.717, 1.165) is 18.2 Å². The zero-order valence-electron chi connectivity index (χ0n) is 12.4. The molecule has 0 aliphatic carbocycles. The fourth-order valence-corrected chi connectivity index (χ4v) is 2.46. The molecule has 3 aromatic rings. The summed E-state index contributed by atoms with van der Waals surface area (Å²) in [6.45, 7) is 1.61. The van der Waals surface area contributed by atoms with Gasteiger partial charge in [-0.1, -0.05) is 12.1 Å². The van der Waals surface area contributed by atoms with Crippen molar-refractivity contribution in [3.8, 4) is 0 Å². The summed E-state index contributed by atoms with van der Waals surface area (Å²) in [5.74, 6) is -0.233. The summed E-state index contributed by atoms with van der Waals surface area (Å²) in [5, 5.41) is 21.9. The third-order valence-corrected chi connectivity index (χ3v) is 3.50. The summed E-state index contributed by atoms with van der Waals surface area (Å²) in [6, 6.07) is 9.74. The van der Waals surface area contributed by atoms with Gasteiger partial charge in [0.15, 0.2) is 0 Å². The number of para-hydroxylation sites is 2. The van der Waals surface area contributed by atoms with Crippen LogP contribution in [0.3, 0.4) is 0 Å². The number of carbonyl (C=O) groups is 1. The molecule has 0 fully saturated rings. The maximum Gasteiger partial charge on any atom is 0.277 e. The number of nitrogens with zero attached hydrogens (tertiary/aromatic N) is 4. The zero-order chi connectivity index (χ0) is 17.4. The van der Waals surface area contributed by atoms with Gasteiger partial charge in [-0.25, -0.2) is 4.98 Å². The van der Waals surface area contributed by atoms with E-state index in [2.05, 4.69) is 4.98 Å². The van der Waals surface area contributed by atoms with Crippen LogP contribution in [0.25, 0.3) is 11.0 Å². The standard InChI is InChI=1S/C15H10N4O5/c1-9-16-13-4-2-3-5-14(13)17(9)15(20)10-6-11(18(21)22)8-12(7-10)19(23)24/h2-8H,1H3. The summed E-state index contributed by atoms with van der Waals surface area (Å²) in [6.07, 6.45) is 0. The van der Waals surface area contributed by atoms with E-state index < -0.39 is 27.1 Å². The Kier molecular flexibility index (Phi) is 3.53. The third-order valence-electron chi connectivity index (χ3n) is 3.50. The molecule has 9 heteroatoms. The summed E-state index contributed by atoms with van der Waals surface area (Å²) in [7, 11) is 0. The molecular weight excluding hydrogens is 316 g/mol. The molecule has 1 heterocycles. The van der Waals surface area contributed by atoms with E-state index in [4.69, 9.17) is 0 Å². The van der Waals surface area contributed by atoms with Crippen molar-refractivity contribution in [2.45, 2.75) is 6.92 Å². The highest BCUT2D eigenvalue weighted by Crippen LogP contribution is 2.25. The maximum atomic E-state index is 12.8. The molecular formula is C15H10N4O5. The first-order chi connectivity index (χ1) is 11.4. The van der Waals surface area contributed by atoms with Gasteiger partial charge in [0.1, 0.15) is 5.82 Å². The van der Waals surface area contributed by atoms with Gasteiger partial charge in [0, 0.05) is 12.1 Å². The van der Waals surface area contributed by atoms with Crippen LogP contribution >= 0.6 is 0 Å². The number of rotatable bonds is 3. The van der Waals surface area contributed by atoms with Crippen LogP contribution in [-0.2, 0) is 0 Å². The molecule has 3 rings (SSSR count). The number of fused-ring (bicyclic) bond motifs is 1. The third kappa shape index (κ3) is 2.47. The van der Waals surface area contributed by atoms with E-state index in [1.54, 1.807) is 31.2 Å². The second-order valence-corrected chi connectivity index (χ2v) is 5.04. The predicted molar refractivity (Wildman–Crippen MR) is 83.9 cm³/mol. The van der Waals surface area contributed by atoms with E-state index in [1.165, 1.54) is 4.57 Å². The highest BCUT2D eigenvalue weighted by molar-refractivity contribution is 6.02. The highest BCUT2D eigenvalue weighted by atomic mass is 16.6. The van der Waals surface area contributed by atoms with Crippen molar-refractivity contribution in [3.63, 3.8) is 0 Å². The molecule has 0 atom stereocenters. The average molecular weight is 326 g/mol. The van der Waals surface area contributed by atoms with E-state index in [9.17, 15) is 25.0 Å². The van der Waals surface area contributed by atoms with Gasteiger partial charge in [-0.2, -0.15) is 0 Å². The van der Waals surface area contributed by atoms with Crippen molar-refractivity contribution in [2.24, 2.45) is 0 Å². The molecule has 0 saturated carbocycles. The topological polar surface area (TPSA) is 121 Å². The Morgan fingerprint density at radius 3 is 2.21 bits per heavy atom. The molecule has 1 aromatic heterocycles. The van der Waals surface area contributed by atoms with Crippen molar-refractivity contribution in [3.05, 3.63) is 74.1 Å². The molecule has 0 N–H and O–H groups in total. The van der Waals surface area contributed by atoms with Gasteiger partial charge in [-0.05, 0) is 19.1 Å². The lowest BCUT2D eigenvalue weighted by Crippen LogP contribution is -2.14. The summed E-state index contributed by atoms with van der Waals surface area (Å²) >= 11 is 0. The first-order valence-electron chi connectivity index (χ1n) is 6.81. The summed E-state index contributed by atoms with van der Waals surface area (Å²) in [4.78, 5) is 37.4. The van der Waals surface area contributed by atoms with E-state index in [0.29, 0.717) is 16.9 Å². The Morgan fingerprint density at radius 1 is 1.04 bits per heavy atom. The van der Waals surface area contributed by atoms with Crippen LogP contribution in [-0.4, -0.2) is 25.3 Å². The SMILES string of the molecule is Cc1nc2ccccc2n1C(=O)c1cc([N+](=O)[O-])cc([N+](=O)[O-])c1. The second kappa shape index (κ2) is 5.54. The summed E-state index contributed by atoms with van der Waals surface area (Å²) < 4.78 is 1.28. The molecule has 0 amide bonds. The van der Waals surface area contributed by atoms with Crippen LogP contribution in [0.4, 0.5) is 11.4 Å².